The van der Waals surface area contributed by atoms with Crippen LogP contribution in [0.25, 0.3) is 28.4 Å². The molecule has 0 aliphatic rings. The number of carbonyl (C=O) groups is 1. The van der Waals surface area contributed by atoms with Crippen LogP contribution in [-0.4, -0.2) is 30.9 Å². The van der Waals surface area contributed by atoms with Gasteiger partial charge in [0.05, 0.1) is 12.0 Å². The van der Waals surface area contributed by atoms with E-state index >= 15 is 0 Å². The molecule has 9 nitrogen and oxygen atoms in total. The van der Waals surface area contributed by atoms with Crippen LogP contribution in [0.5, 0.6) is 0 Å². The molecule has 0 unspecified atom stereocenters. The quantitative estimate of drug-likeness (QED) is 0.515. The van der Waals surface area contributed by atoms with Crippen molar-refractivity contribution in [3.05, 3.63) is 72.9 Å². The van der Waals surface area contributed by atoms with E-state index in [1.807, 2.05) is 30.3 Å². The van der Waals surface area contributed by atoms with Crippen molar-refractivity contribution in [1.29, 1.82) is 0 Å². The van der Waals surface area contributed by atoms with E-state index in [0.29, 0.717) is 22.9 Å². The first-order valence-corrected chi connectivity index (χ1v) is 8.36. The van der Waals surface area contributed by atoms with Gasteiger partial charge in [-0.3, -0.25) is 4.79 Å². The third-order valence-electron chi connectivity index (χ3n) is 4.08. The highest BCUT2D eigenvalue weighted by Crippen LogP contribution is 2.23. The van der Waals surface area contributed by atoms with Crippen LogP contribution in [0.15, 0.2) is 76.1 Å². The lowest BCUT2D eigenvalue weighted by Gasteiger charge is -2.06. The fraction of sp³-hybridized carbons (Fsp3) is 0. The van der Waals surface area contributed by atoms with Crippen molar-refractivity contribution in [1.82, 2.24) is 25.0 Å². The monoisotopic (exact) mass is 372 g/mol. The molecular weight excluding hydrogens is 360 g/mol. The largest absolute Gasteiger partial charge is 0.461 e. The number of fused-ring (bicyclic) bond motifs is 1. The lowest BCUT2D eigenvalue weighted by molar-refractivity contribution is 0.101. The minimum atomic E-state index is -0.388. The number of furan rings is 1. The van der Waals surface area contributed by atoms with Crippen LogP contribution < -0.4 is 5.32 Å². The number of nitrogens with zero attached hydrogens (tertiary/aromatic N) is 5. The van der Waals surface area contributed by atoms with Gasteiger partial charge in [-0.15, -0.1) is 10.2 Å². The van der Waals surface area contributed by atoms with Crippen LogP contribution in [0.3, 0.4) is 0 Å². The van der Waals surface area contributed by atoms with Gasteiger partial charge < -0.3 is 14.3 Å². The second kappa shape index (κ2) is 6.47. The molecule has 0 aliphatic heterocycles. The Morgan fingerprint density at radius 1 is 1.04 bits per heavy atom. The molecule has 4 heterocycles. The molecule has 0 saturated carbocycles. The van der Waals surface area contributed by atoms with E-state index < -0.39 is 0 Å². The molecule has 4 aromatic heterocycles. The standard InChI is InChI=1S/C19H12N6O3/c26-19(15-10-17(28-24-15)16-5-2-8-27-16)21-13-4-1-3-12(9-13)14-6-7-18-22-20-11-25(18)23-14/h1-11H,(H,21,26). The molecular formula is C19H12N6O3. The van der Waals surface area contributed by atoms with Gasteiger partial charge in [0.1, 0.15) is 6.33 Å². The summed E-state index contributed by atoms with van der Waals surface area (Å²) in [5.41, 5.74) is 2.98. The molecule has 136 valence electrons. The Balaban J connectivity index is 1.38. The Kier molecular flexibility index (Phi) is 3.68. The lowest BCUT2D eigenvalue weighted by Crippen LogP contribution is -2.12. The van der Waals surface area contributed by atoms with Crippen molar-refractivity contribution in [3.8, 4) is 22.8 Å². The van der Waals surface area contributed by atoms with E-state index in [4.69, 9.17) is 8.94 Å². The summed E-state index contributed by atoms with van der Waals surface area (Å²) < 4.78 is 12.0. The molecule has 0 bridgehead atoms. The minimum Gasteiger partial charge on any atom is -0.461 e. The third kappa shape index (κ3) is 2.90. The number of hydrogen-bond acceptors (Lipinski definition) is 7. The molecule has 1 aromatic carbocycles. The van der Waals surface area contributed by atoms with Gasteiger partial charge in [-0.2, -0.15) is 9.61 Å². The van der Waals surface area contributed by atoms with Gasteiger partial charge in [0.2, 0.25) is 5.76 Å². The molecule has 0 radical (unpaired) electrons. The fourth-order valence-electron chi connectivity index (χ4n) is 2.75. The summed E-state index contributed by atoms with van der Waals surface area (Å²) in [5, 5.41) is 18.8. The van der Waals surface area contributed by atoms with Gasteiger partial charge in [0.25, 0.3) is 5.91 Å². The summed E-state index contributed by atoms with van der Waals surface area (Å²) in [6.07, 6.45) is 3.06. The summed E-state index contributed by atoms with van der Waals surface area (Å²) in [6, 6.07) is 16.0. The Hall–Kier alpha value is -4.27. The molecule has 9 heteroatoms. The topological polar surface area (TPSA) is 111 Å². The molecule has 28 heavy (non-hydrogen) atoms. The van der Waals surface area contributed by atoms with E-state index in [9.17, 15) is 4.79 Å². The summed E-state index contributed by atoms with van der Waals surface area (Å²) in [6.45, 7) is 0. The summed E-state index contributed by atoms with van der Waals surface area (Å²) in [4.78, 5) is 12.5. The van der Waals surface area contributed by atoms with Gasteiger partial charge in [-0.05, 0) is 36.4 Å². The maximum Gasteiger partial charge on any atom is 0.277 e. The van der Waals surface area contributed by atoms with Gasteiger partial charge >= 0.3 is 0 Å². The first-order valence-electron chi connectivity index (χ1n) is 8.36. The SMILES string of the molecule is O=C(Nc1cccc(-c2ccc3nncn3n2)c1)c1cc(-c2ccco2)on1. The highest BCUT2D eigenvalue weighted by atomic mass is 16.5. The zero-order valence-electron chi connectivity index (χ0n) is 14.3. The van der Waals surface area contributed by atoms with Crippen molar-refractivity contribution in [2.75, 3.05) is 5.32 Å². The number of carbonyl (C=O) groups excluding carboxylic acids is 1. The van der Waals surface area contributed by atoms with Crippen molar-refractivity contribution in [2.45, 2.75) is 0 Å². The van der Waals surface area contributed by atoms with Crippen LogP contribution >= 0.6 is 0 Å². The molecule has 5 rings (SSSR count). The molecule has 1 amide bonds. The van der Waals surface area contributed by atoms with Gasteiger partial charge in [0.15, 0.2) is 17.1 Å². The second-order valence-electron chi connectivity index (χ2n) is 5.94. The van der Waals surface area contributed by atoms with Gasteiger partial charge in [0, 0.05) is 17.3 Å². The van der Waals surface area contributed by atoms with Crippen LogP contribution in [0, 0.1) is 0 Å². The minimum absolute atomic E-state index is 0.154. The van der Waals surface area contributed by atoms with Crippen LogP contribution in [-0.2, 0) is 0 Å². The number of aromatic nitrogens is 5. The molecule has 0 spiro atoms. The second-order valence-corrected chi connectivity index (χ2v) is 5.94. The molecule has 5 aromatic rings. The Morgan fingerprint density at radius 2 is 2.00 bits per heavy atom. The van der Waals surface area contributed by atoms with E-state index in [-0.39, 0.29) is 11.6 Å². The van der Waals surface area contributed by atoms with Crippen LogP contribution in [0.4, 0.5) is 5.69 Å². The number of hydrogen-bond donors (Lipinski definition) is 1. The smallest absolute Gasteiger partial charge is 0.277 e. The number of anilines is 1. The molecule has 0 saturated heterocycles. The summed E-state index contributed by atoms with van der Waals surface area (Å²) >= 11 is 0. The average molecular weight is 372 g/mol. The van der Waals surface area contributed by atoms with Crippen molar-refractivity contribution < 1.29 is 13.7 Å². The molecule has 0 aliphatic carbocycles. The number of benzene rings is 1. The normalized spacial score (nSPS) is 11.0. The summed E-state index contributed by atoms with van der Waals surface area (Å²) in [7, 11) is 0. The number of rotatable bonds is 4. The highest BCUT2D eigenvalue weighted by Gasteiger charge is 2.15. The Bertz CT molecular complexity index is 1270. The fourth-order valence-corrected chi connectivity index (χ4v) is 2.75. The third-order valence-corrected chi connectivity index (χ3v) is 4.08. The average Bonchev–Trinajstić information content (AvgIpc) is 3.48. The number of amides is 1. The zero-order valence-corrected chi connectivity index (χ0v) is 14.3. The van der Waals surface area contributed by atoms with Crippen molar-refractivity contribution in [3.63, 3.8) is 0 Å². The maximum absolute atomic E-state index is 12.5. The van der Waals surface area contributed by atoms with Crippen molar-refractivity contribution >= 4 is 17.2 Å². The first-order chi connectivity index (χ1) is 13.8. The van der Waals surface area contributed by atoms with Gasteiger partial charge in [-0.25, -0.2) is 0 Å². The van der Waals surface area contributed by atoms with Crippen molar-refractivity contribution in [2.24, 2.45) is 0 Å². The summed E-state index contributed by atoms with van der Waals surface area (Å²) in [5.74, 6) is 0.500. The van der Waals surface area contributed by atoms with E-state index in [1.165, 1.54) is 18.7 Å². The van der Waals surface area contributed by atoms with E-state index in [2.05, 4.69) is 25.8 Å². The van der Waals surface area contributed by atoms with Gasteiger partial charge in [-0.1, -0.05) is 17.3 Å². The molecule has 0 fully saturated rings. The van der Waals surface area contributed by atoms with E-state index in [1.54, 1.807) is 22.7 Å². The predicted molar refractivity (Wildman–Crippen MR) is 98.4 cm³/mol. The Morgan fingerprint density at radius 3 is 2.89 bits per heavy atom. The lowest BCUT2D eigenvalue weighted by atomic mass is 10.1. The van der Waals surface area contributed by atoms with Crippen LogP contribution in [0.2, 0.25) is 0 Å². The Labute approximate surface area is 157 Å². The maximum atomic E-state index is 12.5. The van der Waals surface area contributed by atoms with Crippen LogP contribution in [0.1, 0.15) is 10.5 Å². The molecule has 0 atom stereocenters. The predicted octanol–water partition coefficient (Wildman–Crippen LogP) is 3.29. The first kappa shape index (κ1) is 15.9. The highest BCUT2D eigenvalue weighted by molar-refractivity contribution is 6.03. The van der Waals surface area contributed by atoms with E-state index in [0.717, 1.165) is 11.3 Å². The zero-order chi connectivity index (χ0) is 18.9. The molecule has 1 N–H and O–H groups in total. The number of nitrogens with one attached hydrogen (secondary N) is 1.